The topological polar surface area (TPSA) is 32.8 Å². The van der Waals surface area contributed by atoms with Crippen LogP contribution in [-0.2, 0) is 11.3 Å². The van der Waals surface area contributed by atoms with Crippen molar-refractivity contribution in [2.75, 3.05) is 39.2 Å². The molecule has 0 aliphatic carbocycles. The number of halogens is 1. The molecule has 0 bridgehead atoms. The lowest BCUT2D eigenvalue weighted by Crippen LogP contribution is -2.48. The first-order chi connectivity index (χ1) is 9.24. The van der Waals surface area contributed by atoms with Crippen LogP contribution in [0, 0.1) is 0 Å². The highest BCUT2D eigenvalue weighted by Gasteiger charge is 2.20. The third-order valence-corrected chi connectivity index (χ3v) is 3.65. The summed E-state index contributed by atoms with van der Waals surface area (Å²) in [6.45, 7) is 4.11. The van der Waals surface area contributed by atoms with E-state index in [-0.39, 0.29) is 11.8 Å². The van der Waals surface area contributed by atoms with Gasteiger partial charge in [-0.05, 0) is 6.07 Å². The maximum atomic E-state index is 11.5. The first-order valence-corrected chi connectivity index (χ1v) is 6.96. The molecule has 0 radical (unpaired) electrons. The van der Waals surface area contributed by atoms with Gasteiger partial charge in [-0.1, -0.05) is 18.2 Å². The Balaban J connectivity index is 1.90. The lowest BCUT2D eigenvalue weighted by Gasteiger charge is -2.34. The predicted molar refractivity (Wildman–Crippen MR) is 75.6 cm³/mol. The molecule has 0 unspecified atom stereocenters. The van der Waals surface area contributed by atoms with Gasteiger partial charge < -0.3 is 9.64 Å². The molecule has 104 valence electrons. The number of amides is 1. The van der Waals surface area contributed by atoms with Gasteiger partial charge in [-0.3, -0.25) is 9.69 Å². The van der Waals surface area contributed by atoms with Gasteiger partial charge >= 0.3 is 0 Å². The van der Waals surface area contributed by atoms with Gasteiger partial charge in [-0.25, -0.2) is 0 Å². The molecular weight excluding hydrogens is 264 g/mol. The Labute approximate surface area is 118 Å². The number of rotatable bonds is 4. The first-order valence-electron chi connectivity index (χ1n) is 6.42. The highest BCUT2D eigenvalue weighted by molar-refractivity contribution is 6.27. The van der Waals surface area contributed by atoms with Crippen molar-refractivity contribution in [2.45, 2.75) is 6.54 Å². The Kier molecular flexibility index (Phi) is 5.05. The third kappa shape index (κ3) is 3.61. The molecule has 2 rings (SSSR count). The van der Waals surface area contributed by atoms with E-state index in [0.29, 0.717) is 0 Å². The van der Waals surface area contributed by atoms with Crippen LogP contribution in [0.4, 0.5) is 0 Å². The molecule has 5 heteroatoms. The van der Waals surface area contributed by atoms with E-state index in [9.17, 15) is 4.79 Å². The Hall–Kier alpha value is -1.26. The Morgan fingerprint density at radius 2 is 1.95 bits per heavy atom. The number of alkyl halides is 1. The van der Waals surface area contributed by atoms with Crippen molar-refractivity contribution in [3.8, 4) is 5.75 Å². The van der Waals surface area contributed by atoms with Crippen LogP contribution in [0.1, 0.15) is 5.56 Å². The molecular formula is C14H19ClN2O2. The summed E-state index contributed by atoms with van der Waals surface area (Å²) in [5.41, 5.74) is 1.18. The summed E-state index contributed by atoms with van der Waals surface area (Å²) in [5.74, 6) is 1.02. The van der Waals surface area contributed by atoms with Crippen molar-refractivity contribution in [3.63, 3.8) is 0 Å². The monoisotopic (exact) mass is 282 g/mol. The number of benzene rings is 1. The van der Waals surface area contributed by atoms with Crippen LogP contribution >= 0.6 is 11.6 Å². The van der Waals surface area contributed by atoms with E-state index in [1.807, 2.05) is 23.1 Å². The second-order valence-corrected chi connectivity index (χ2v) is 4.87. The number of carbonyl (C=O) groups excluding carboxylic acids is 1. The fourth-order valence-corrected chi connectivity index (χ4v) is 2.48. The fourth-order valence-electron chi connectivity index (χ4n) is 2.31. The maximum Gasteiger partial charge on any atom is 0.237 e. The quantitative estimate of drug-likeness (QED) is 0.786. The molecule has 1 heterocycles. The van der Waals surface area contributed by atoms with E-state index < -0.39 is 0 Å². The molecule has 0 saturated carbocycles. The zero-order chi connectivity index (χ0) is 13.7. The van der Waals surface area contributed by atoms with Gasteiger partial charge in [-0.15, -0.1) is 11.6 Å². The molecule has 0 N–H and O–H groups in total. The molecule has 0 atom stereocenters. The van der Waals surface area contributed by atoms with Gasteiger partial charge in [-0.2, -0.15) is 0 Å². The summed E-state index contributed by atoms with van der Waals surface area (Å²) in [6, 6.07) is 8.04. The van der Waals surface area contributed by atoms with Gasteiger partial charge in [0.2, 0.25) is 5.91 Å². The molecule has 1 aromatic rings. The largest absolute Gasteiger partial charge is 0.496 e. The number of carbonyl (C=O) groups is 1. The minimum Gasteiger partial charge on any atom is -0.496 e. The molecule has 1 aromatic carbocycles. The molecule has 1 amide bonds. The number of hydrogen-bond acceptors (Lipinski definition) is 3. The minimum absolute atomic E-state index is 0.0265. The fraction of sp³-hybridized carbons (Fsp3) is 0.500. The van der Waals surface area contributed by atoms with Crippen molar-refractivity contribution in [1.29, 1.82) is 0 Å². The first kappa shape index (κ1) is 14.2. The summed E-state index contributed by atoms with van der Waals surface area (Å²) in [5, 5.41) is 0. The summed E-state index contributed by atoms with van der Waals surface area (Å²) >= 11 is 5.57. The zero-order valence-electron chi connectivity index (χ0n) is 11.1. The highest BCUT2D eigenvalue weighted by atomic mass is 35.5. The second-order valence-electron chi connectivity index (χ2n) is 4.60. The van der Waals surface area contributed by atoms with Gasteiger partial charge in [0.15, 0.2) is 0 Å². The van der Waals surface area contributed by atoms with E-state index in [2.05, 4.69) is 11.0 Å². The van der Waals surface area contributed by atoms with Gasteiger partial charge in [0.05, 0.1) is 7.11 Å². The smallest absolute Gasteiger partial charge is 0.237 e. The van der Waals surface area contributed by atoms with Crippen molar-refractivity contribution in [3.05, 3.63) is 29.8 Å². The van der Waals surface area contributed by atoms with E-state index >= 15 is 0 Å². The second kappa shape index (κ2) is 6.78. The highest BCUT2D eigenvalue weighted by Crippen LogP contribution is 2.19. The average molecular weight is 283 g/mol. The third-order valence-electron chi connectivity index (χ3n) is 3.43. The van der Waals surface area contributed by atoms with E-state index in [1.165, 1.54) is 5.56 Å². The van der Waals surface area contributed by atoms with E-state index in [0.717, 1.165) is 38.5 Å². The van der Waals surface area contributed by atoms with Crippen LogP contribution in [0.5, 0.6) is 5.75 Å². The molecule has 19 heavy (non-hydrogen) atoms. The standard InChI is InChI=1S/C14H19ClN2O2/c1-19-13-5-3-2-4-12(13)11-16-6-8-17(9-7-16)14(18)10-15/h2-5H,6-11H2,1H3. The van der Waals surface area contributed by atoms with Crippen molar-refractivity contribution < 1.29 is 9.53 Å². The number of methoxy groups -OCH3 is 1. The van der Waals surface area contributed by atoms with Crippen molar-refractivity contribution in [2.24, 2.45) is 0 Å². The Morgan fingerprint density at radius 1 is 1.26 bits per heavy atom. The number of ether oxygens (including phenoxy) is 1. The number of nitrogens with zero attached hydrogens (tertiary/aromatic N) is 2. The summed E-state index contributed by atoms with van der Waals surface area (Å²) in [4.78, 5) is 15.6. The summed E-state index contributed by atoms with van der Waals surface area (Å²) in [6.07, 6.45) is 0. The van der Waals surface area contributed by atoms with E-state index in [4.69, 9.17) is 16.3 Å². The molecule has 1 fully saturated rings. The molecule has 4 nitrogen and oxygen atoms in total. The van der Waals surface area contributed by atoms with Gasteiger partial charge in [0.25, 0.3) is 0 Å². The summed E-state index contributed by atoms with van der Waals surface area (Å²) in [7, 11) is 1.69. The van der Waals surface area contributed by atoms with E-state index in [1.54, 1.807) is 7.11 Å². The van der Waals surface area contributed by atoms with Crippen LogP contribution in [-0.4, -0.2) is 54.9 Å². The van der Waals surface area contributed by atoms with Crippen LogP contribution < -0.4 is 4.74 Å². The molecule has 1 saturated heterocycles. The lowest BCUT2D eigenvalue weighted by molar-refractivity contribution is -0.130. The Bertz CT molecular complexity index is 431. The van der Waals surface area contributed by atoms with Crippen LogP contribution in [0.2, 0.25) is 0 Å². The SMILES string of the molecule is COc1ccccc1CN1CCN(C(=O)CCl)CC1. The number of piperazine rings is 1. The normalized spacial score (nSPS) is 16.4. The van der Waals surface area contributed by atoms with Gasteiger partial charge in [0, 0.05) is 38.3 Å². The van der Waals surface area contributed by atoms with Crippen LogP contribution in [0.25, 0.3) is 0 Å². The molecule has 1 aliphatic rings. The number of para-hydroxylation sites is 1. The van der Waals surface area contributed by atoms with Crippen LogP contribution in [0.15, 0.2) is 24.3 Å². The van der Waals surface area contributed by atoms with Crippen LogP contribution in [0.3, 0.4) is 0 Å². The lowest BCUT2D eigenvalue weighted by atomic mass is 10.1. The van der Waals surface area contributed by atoms with Gasteiger partial charge in [0.1, 0.15) is 11.6 Å². The zero-order valence-corrected chi connectivity index (χ0v) is 11.9. The molecule has 1 aliphatic heterocycles. The molecule has 0 spiro atoms. The molecule has 0 aromatic heterocycles. The average Bonchev–Trinajstić information content (AvgIpc) is 2.48. The Morgan fingerprint density at radius 3 is 2.58 bits per heavy atom. The predicted octanol–water partition coefficient (Wildman–Crippen LogP) is 1.58. The maximum absolute atomic E-state index is 11.5. The number of hydrogen-bond donors (Lipinski definition) is 0. The summed E-state index contributed by atoms with van der Waals surface area (Å²) < 4.78 is 5.35. The van der Waals surface area contributed by atoms with Crippen molar-refractivity contribution in [1.82, 2.24) is 9.80 Å². The minimum atomic E-state index is 0.0265. The van der Waals surface area contributed by atoms with Crippen molar-refractivity contribution >= 4 is 17.5 Å².